The average Bonchev–Trinajstić information content (AvgIpc) is 3.25. The SMILES string of the molecule is O=C(c1onc2c1CCCC2)N1CCCC1c1nccs1. The maximum Gasteiger partial charge on any atom is 0.293 e. The summed E-state index contributed by atoms with van der Waals surface area (Å²) in [5.41, 5.74) is 2.02. The number of carbonyl (C=O) groups is 1. The Morgan fingerprint density at radius 1 is 1.33 bits per heavy atom. The van der Waals surface area contributed by atoms with Crippen LogP contribution in [0.2, 0.25) is 0 Å². The number of carbonyl (C=O) groups excluding carboxylic acids is 1. The molecular formula is C15H17N3O2S. The molecule has 6 heteroatoms. The van der Waals surface area contributed by atoms with E-state index in [9.17, 15) is 4.79 Å². The summed E-state index contributed by atoms with van der Waals surface area (Å²) >= 11 is 1.62. The average molecular weight is 303 g/mol. The third kappa shape index (κ3) is 2.18. The van der Waals surface area contributed by atoms with E-state index in [0.29, 0.717) is 5.76 Å². The number of thiazole rings is 1. The molecular weight excluding hydrogens is 286 g/mol. The van der Waals surface area contributed by atoms with Gasteiger partial charge >= 0.3 is 0 Å². The Morgan fingerprint density at radius 2 is 2.24 bits per heavy atom. The fraction of sp³-hybridized carbons (Fsp3) is 0.533. The Hall–Kier alpha value is -1.69. The first kappa shape index (κ1) is 13.0. The van der Waals surface area contributed by atoms with E-state index in [1.54, 1.807) is 17.5 Å². The predicted octanol–water partition coefficient (Wildman–Crippen LogP) is 2.99. The molecule has 0 radical (unpaired) electrons. The van der Waals surface area contributed by atoms with Gasteiger partial charge in [0.15, 0.2) is 0 Å². The third-order valence-corrected chi connectivity index (χ3v) is 5.28. The highest BCUT2D eigenvalue weighted by atomic mass is 32.1. The Balaban J connectivity index is 1.63. The van der Waals surface area contributed by atoms with Gasteiger partial charge in [-0.15, -0.1) is 11.3 Å². The van der Waals surface area contributed by atoms with Crippen LogP contribution in [0, 0.1) is 0 Å². The molecule has 1 amide bonds. The molecule has 2 aliphatic rings. The van der Waals surface area contributed by atoms with Gasteiger partial charge in [-0.05, 0) is 38.5 Å². The Morgan fingerprint density at radius 3 is 3.10 bits per heavy atom. The van der Waals surface area contributed by atoms with Gasteiger partial charge in [0.1, 0.15) is 5.01 Å². The molecule has 0 saturated carbocycles. The molecule has 1 aliphatic carbocycles. The zero-order valence-corrected chi connectivity index (χ0v) is 12.6. The molecule has 0 aromatic carbocycles. The zero-order valence-electron chi connectivity index (χ0n) is 11.7. The third-order valence-electron chi connectivity index (χ3n) is 4.40. The quantitative estimate of drug-likeness (QED) is 0.855. The maximum atomic E-state index is 12.9. The number of aryl methyl sites for hydroxylation is 1. The van der Waals surface area contributed by atoms with E-state index in [1.807, 2.05) is 10.3 Å². The number of fused-ring (bicyclic) bond motifs is 1. The van der Waals surface area contributed by atoms with Crippen LogP contribution in [0.5, 0.6) is 0 Å². The number of amides is 1. The van der Waals surface area contributed by atoms with Crippen LogP contribution in [-0.2, 0) is 12.8 Å². The van der Waals surface area contributed by atoms with Gasteiger partial charge in [0.2, 0.25) is 5.76 Å². The summed E-state index contributed by atoms with van der Waals surface area (Å²) in [6.45, 7) is 0.776. The largest absolute Gasteiger partial charge is 0.350 e. The van der Waals surface area contributed by atoms with Crippen LogP contribution in [0.1, 0.15) is 58.5 Å². The number of aromatic nitrogens is 2. The van der Waals surface area contributed by atoms with Gasteiger partial charge in [-0.3, -0.25) is 4.79 Å². The van der Waals surface area contributed by atoms with Crippen LogP contribution >= 0.6 is 11.3 Å². The molecule has 2 aromatic rings. The van der Waals surface area contributed by atoms with Crippen molar-refractivity contribution in [1.82, 2.24) is 15.0 Å². The Bertz CT molecular complexity index is 650. The highest BCUT2D eigenvalue weighted by Crippen LogP contribution is 2.35. The molecule has 1 saturated heterocycles. The molecule has 5 nitrogen and oxygen atoms in total. The molecule has 3 heterocycles. The monoisotopic (exact) mass is 303 g/mol. The van der Waals surface area contributed by atoms with E-state index >= 15 is 0 Å². The lowest BCUT2D eigenvalue weighted by atomic mass is 9.96. The van der Waals surface area contributed by atoms with E-state index in [-0.39, 0.29) is 11.9 Å². The number of nitrogens with zero attached hydrogens (tertiary/aromatic N) is 3. The minimum Gasteiger partial charge on any atom is -0.350 e. The summed E-state index contributed by atoms with van der Waals surface area (Å²) in [5, 5.41) is 7.09. The normalized spacial score (nSPS) is 21.5. The van der Waals surface area contributed by atoms with E-state index in [2.05, 4.69) is 10.1 Å². The fourth-order valence-corrected chi connectivity index (χ4v) is 4.14. The smallest absolute Gasteiger partial charge is 0.293 e. The molecule has 110 valence electrons. The molecule has 1 fully saturated rings. The minimum absolute atomic E-state index is 0.0108. The van der Waals surface area contributed by atoms with Gasteiger partial charge in [-0.25, -0.2) is 4.98 Å². The summed E-state index contributed by atoms with van der Waals surface area (Å²) in [4.78, 5) is 19.1. The maximum absolute atomic E-state index is 12.9. The van der Waals surface area contributed by atoms with Crippen LogP contribution < -0.4 is 0 Å². The van der Waals surface area contributed by atoms with E-state index in [4.69, 9.17) is 4.52 Å². The van der Waals surface area contributed by atoms with Crippen LogP contribution in [0.15, 0.2) is 16.1 Å². The van der Waals surface area contributed by atoms with E-state index in [0.717, 1.165) is 61.3 Å². The first-order valence-corrected chi connectivity index (χ1v) is 8.40. The lowest BCUT2D eigenvalue weighted by Gasteiger charge is -2.22. The molecule has 1 aliphatic heterocycles. The Kier molecular flexibility index (Phi) is 3.25. The van der Waals surface area contributed by atoms with Crippen molar-refractivity contribution in [3.63, 3.8) is 0 Å². The minimum atomic E-state index is -0.0108. The molecule has 2 aromatic heterocycles. The molecule has 0 N–H and O–H groups in total. The van der Waals surface area contributed by atoms with Gasteiger partial charge in [-0.2, -0.15) is 0 Å². The van der Waals surface area contributed by atoms with Crippen molar-refractivity contribution in [3.8, 4) is 0 Å². The van der Waals surface area contributed by atoms with Crippen molar-refractivity contribution in [3.05, 3.63) is 33.6 Å². The highest BCUT2D eigenvalue weighted by molar-refractivity contribution is 7.09. The van der Waals surface area contributed by atoms with E-state index < -0.39 is 0 Å². The fourth-order valence-electron chi connectivity index (χ4n) is 3.35. The van der Waals surface area contributed by atoms with Crippen molar-refractivity contribution in [2.45, 2.75) is 44.6 Å². The van der Waals surface area contributed by atoms with Crippen LogP contribution in [0.25, 0.3) is 0 Å². The van der Waals surface area contributed by atoms with Gasteiger partial charge < -0.3 is 9.42 Å². The van der Waals surface area contributed by atoms with Crippen LogP contribution in [-0.4, -0.2) is 27.5 Å². The van der Waals surface area contributed by atoms with Crippen LogP contribution in [0.3, 0.4) is 0 Å². The number of rotatable bonds is 2. The second-order valence-electron chi connectivity index (χ2n) is 5.67. The first-order valence-electron chi connectivity index (χ1n) is 7.52. The summed E-state index contributed by atoms with van der Waals surface area (Å²) in [5.74, 6) is 0.455. The number of hydrogen-bond acceptors (Lipinski definition) is 5. The van der Waals surface area contributed by atoms with Crippen molar-refractivity contribution in [1.29, 1.82) is 0 Å². The molecule has 0 bridgehead atoms. The van der Waals surface area contributed by atoms with Gasteiger partial charge in [0.25, 0.3) is 5.91 Å². The topological polar surface area (TPSA) is 59.2 Å². The van der Waals surface area contributed by atoms with Gasteiger partial charge in [0.05, 0.1) is 11.7 Å². The lowest BCUT2D eigenvalue weighted by Crippen LogP contribution is -2.31. The molecule has 0 spiro atoms. The summed E-state index contributed by atoms with van der Waals surface area (Å²) in [7, 11) is 0. The predicted molar refractivity (Wildman–Crippen MR) is 78.3 cm³/mol. The highest BCUT2D eigenvalue weighted by Gasteiger charge is 2.36. The summed E-state index contributed by atoms with van der Waals surface area (Å²) in [6.07, 6.45) is 7.90. The molecule has 1 unspecified atom stereocenters. The molecule has 4 rings (SSSR count). The lowest BCUT2D eigenvalue weighted by molar-refractivity contribution is 0.0691. The molecule has 21 heavy (non-hydrogen) atoms. The first-order chi connectivity index (χ1) is 10.3. The van der Waals surface area contributed by atoms with Gasteiger partial charge in [0, 0.05) is 23.7 Å². The number of hydrogen-bond donors (Lipinski definition) is 0. The standard InChI is InChI=1S/C15H17N3O2S/c19-15(13-10-4-1-2-5-11(10)17-20-13)18-8-3-6-12(18)14-16-7-9-21-14/h7,9,12H,1-6,8H2. The second-order valence-corrected chi connectivity index (χ2v) is 6.60. The zero-order chi connectivity index (χ0) is 14.2. The van der Waals surface area contributed by atoms with E-state index in [1.165, 1.54) is 0 Å². The Labute approximate surface area is 127 Å². The van der Waals surface area contributed by atoms with Crippen LogP contribution in [0.4, 0.5) is 0 Å². The van der Waals surface area contributed by atoms with Crippen molar-refractivity contribution >= 4 is 17.2 Å². The van der Waals surface area contributed by atoms with Crippen molar-refractivity contribution in [2.24, 2.45) is 0 Å². The summed E-state index contributed by atoms with van der Waals surface area (Å²) in [6, 6.07) is 0.0989. The van der Waals surface area contributed by atoms with Gasteiger partial charge in [-0.1, -0.05) is 5.16 Å². The molecule has 1 atom stereocenters. The van der Waals surface area contributed by atoms with Crippen molar-refractivity contribution < 1.29 is 9.32 Å². The summed E-state index contributed by atoms with van der Waals surface area (Å²) < 4.78 is 5.40. The van der Waals surface area contributed by atoms with Crippen molar-refractivity contribution in [2.75, 3.05) is 6.54 Å². The number of likely N-dealkylation sites (tertiary alicyclic amines) is 1. The second kappa shape index (κ2) is 5.26.